The monoisotopic (exact) mass is 476 g/mol. The molecule has 31 heavy (non-hydrogen) atoms. The standard InChI is InChI=1S/C21H36N2O6S2/c1-20(2,3)28-18(27)21(22,19-30-12-13-31-19)17(26)23-29-15(10-7-11-16(24)25)14-8-5-4-6-9-14/h14-15,19H,4-13,22H2,1-3H3,(H,23,26)(H,24,25)/t15-,21+/m0/s1. The van der Waals surface area contributed by atoms with E-state index in [1.165, 1.54) is 29.9 Å². The fourth-order valence-electron chi connectivity index (χ4n) is 3.84. The van der Waals surface area contributed by atoms with E-state index in [0.29, 0.717) is 12.8 Å². The average molecular weight is 477 g/mol. The summed E-state index contributed by atoms with van der Waals surface area (Å²) in [4.78, 5) is 42.8. The maximum atomic E-state index is 13.2. The Kier molecular flexibility index (Phi) is 9.98. The molecule has 2 aliphatic rings. The van der Waals surface area contributed by atoms with Gasteiger partial charge in [0.05, 0.1) is 10.7 Å². The fourth-order valence-corrected chi connectivity index (χ4v) is 6.94. The van der Waals surface area contributed by atoms with Crippen molar-refractivity contribution in [1.82, 2.24) is 5.48 Å². The van der Waals surface area contributed by atoms with Crippen molar-refractivity contribution in [1.29, 1.82) is 0 Å². The number of rotatable bonds is 10. The Bertz CT molecular complexity index is 630. The number of carbonyl (C=O) groups is 3. The molecule has 0 aromatic rings. The van der Waals surface area contributed by atoms with Gasteiger partial charge in [-0.25, -0.2) is 10.3 Å². The fraction of sp³-hybridized carbons (Fsp3) is 0.857. The molecule has 1 aliphatic heterocycles. The molecule has 10 heteroatoms. The molecule has 1 heterocycles. The van der Waals surface area contributed by atoms with Gasteiger partial charge in [-0.2, -0.15) is 0 Å². The second kappa shape index (κ2) is 11.8. The Balaban J connectivity index is 2.09. The summed E-state index contributed by atoms with van der Waals surface area (Å²) in [5.74, 6) is -0.504. The predicted molar refractivity (Wildman–Crippen MR) is 123 cm³/mol. The zero-order valence-corrected chi connectivity index (χ0v) is 20.3. The van der Waals surface area contributed by atoms with Crippen LogP contribution < -0.4 is 11.2 Å². The molecule has 1 amide bonds. The van der Waals surface area contributed by atoms with Crippen molar-refractivity contribution in [2.45, 2.75) is 94.0 Å². The van der Waals surface area contributed by atoms with Crippen molar-refractivity contribution >= 4 is 41.4 Å². The smallest absolute Gasteiger partial charge is 0.338 e. The minimum Gasteiger partial charge on any atom is -0.481 e. The second-order valence-corrected chi connectivity index (χ2v) is 11.9. The van der Waals surface area contributed by atoms with Gasteiger partial charge in [0.2, 0.25) is 5.54 Å². The van der Waals surface area contributed by atoms with Gasteiger partial charge >= 0.3 is 11.9 Å². The molecule has 2 atom stereocenters. The third kappa shape index (κ3) is 7.83. The first-order valence-corrected chi connectivity index (χ1v) is 13.1. The number of hydroxylamine groups is 1. The number of amides is 1. The summed E-state index contributed by atoms with van der Waals surface area (Å²) in [7, 11) is 0. The van der Waals surface area contributed by atoms with Crippen LogP contribution in [0.1, 0.15) is 72.1 Å². The number of hydrogen-bond acceptors (Lipinski definition) is 8. The van der Waals surface area contributed by atoms with Crippen molar-refractivity contribution in [2.24, 2.45) is 11.7 Å². The van der Waals surface area contributed by atoms with Gasteiger partial charge < -0.3 is 15.6 Å². The molecule has 0 aromatic carbocycles. The van der Waals surface area contributed by atoms with E-state index >= 15 is 0 Å². The Labute approximate surface area is 193 Å². The summed E-state index contributed by atoms with van der Waals surface area (Å²) in [5, 5.41) is 8.95. The van der Waals surface area contributed by atoms with Crippen LogP contribution in [0.3, 0.4) is 0 Å². The summed E-state index contributed by atoms with van der Waals surface area (Å²) < 4.78 is 5.01. The van der Waals surface area contributed by atoms with Crippen LogP contribution >= 0.6 is 23.5 Å². The summed E-state index contributed by atoms with van der Waals surface area (Å²) in [6, 6.07) is 0. The normalized spacial score (nSPS) is 21.3. The van der Waals surface area contributed by atoms with Gasteiger partial charge in [-0.15, -0.1) is 23.5 Å². The van der Waals surface area contributed by atoms with Crippen molar-refractivity contribution in [3.63, 3.8) is 0 Å². The van der Waals surface area contributed by atoms with Gasteiger partial charge in [-0.3, -0.25) is 14.4 Å². The molecule has 2 fully saturated rings. The molecule has 0 spiro atoms. The molecule has 0 aromatic heterocycles. The highest BCUT2D eigenvalue weighted by Gasteiger charge is 2.53. The number of thioether (sulfide) groups is 2. The Hall–Kier alpha value is -0.970. The number of esters is 1. The molecule has 4 N–H and O–H groups in total. The molecule has 1 aliphatic carbocycles. The Morgan fingerprint density at radius 1 is 1.13 bits per heavy atom. The van der Waals surface area contributed by atoms with Crippen molar-refractivity contribution in [3.8, 4) is 0 Å². The van der Waals surface area contributed by atoms with Crippen LogP contribution in [0, 0.1) is 5.92 Å². The van der Waals surface area contributed by atoms with Crippen LogP contribution in [0.4, 0.5) is 0 Å². The zero-order valence-electron chi connectivity index (χ0n) is 18.7. The van der Waals surface area contributed by atoms with Crippen LogP contribution in [0.15, 0.2) is 0 Å². The number of carboxylic acid groups (broad SMARTS) is 1. The first-order valence-electron chi connectivity index (χ1n) is 11.0. The van der Waals surface area contributed by atoms with Gasteiger partial charge in [0.15, 0.2) is 0 Å². The largest absolute Gasteiger partial charge is 0.481 e. The highest BCUT2D eigenvalue weighted by Crippen LogP contribution is 2.40. The van der Waals surface area contributed by atoms with Gasteiger partial charge in [0, 0.05) is 17.9 Å². The number of aliphatic carboxylic acids is 1. The third-order valence-corrected chi connectivity index (χ3v) is 8.77. The Morgan fingerprint density at radius 2 is 1.74 bits per heavy atom. The minimum atomic E-state index is -1.88. The number of ether oxygens (including phenoxy) is 1. The van der Waals surface area contributed by atoms with E-state index in [9.17, 15) is 14.4 Å². The van der Waals surface area contributed by atoms with Gasteiger partial charge in [0.25, 0.3) is 5.91 Å². The predicted octanol–water partition coefficient (Wildman–Crippen LogP) is 3.08. The van der Waals surface area contributed by atoms with E-state index in [1.807, 2.05) is 0 Å². The maximum absolute atomic E-state index is 13.2. The molecule has 1 saturated carbocycles. The van der Waals surface area contributed by atoms with E-state index in [2.05, 4.69) is 5.48 Å². The van der Waals surface area contributed by atoms with Gasteiger partial charge in [-0.1, -0.05) is 19.3 Å². The number of nitrogens with two attached hydrogens (primary N) is 1. The Morgan fingerprint density at radius 3 is 2.29 bits per heavy atom. The highest BCUT2D eigenvalue weighted by atomic mass is 32.2. The molecular formula is C21H36N2O6S2. The number of hydrogen-bond donors (Lipinski definition) is 3. The average Bonchev–Trinajstić information content (AvgIpc) is 3.24. The van der Waals surface area contributed by atoms with Crippen molar-refractivity contribution < 1.29 is 29.1 Å². The van der Waals surface area contributed by atoms with E-state index in [4.69, 9.17) is 20.4 Å². The lowest BCUT2D eigenvalue weighted by Crippen LogP contribution is -2.66. The molecule has 1 saturated heterocycles. The summed E-state index contributed by atoms with van der Waals surface area (Å²) in [6.07, 6.45) is 6.02. The topological polar surface area (TPSA) is 128 Å². The van der Waals surface area contributed by atoms with Crippen LogP contribution in [0.25, 0.3) is 0 Å². The summed E-state index contributed by atoms with van der Waals surface area (Å²) in [5.41, 5.74) is 6.22. The molecule has 8 nitrogen and oxygen atoms in total. The number of nitrogens with one attached hydrogen (secondary N) is 1. The molecule has 0 unspecified atom stereocenters. The van der Waals surface area contributed by atoms with Crippen LogP contribution in [0.2, 0.25) is 0 Å². The minimum absolute atomic E-state index is 0.0502. The van der Waals surface area contributed by atoms with Crippen LogP contribution in [-0.2, 0) is 24.0 Å². The molecule has 2 rings (SSSR count). The zero-order chi connectivity index (χ0) is 23.1. The van der Waals surface area contributed by atoms with Crippen LogP contribution in [0.5, 0.6) is 0 Å². The van der Waals surface area contributed by atoms with E-state index in [-0.39, 0.29) is 18.4 Å². The first kappa shape index (κ1) is 26.3. The SMILES string of the molecule is CC(C)(C)OC(=O)[C@](N)(C(=O)NO[C@@H](CCCC(=O)O)C1CCCCC1)C1SCCS1. The van der Waals surface area contributed by atoms with Crippen molar-refractivity contribution in [3.05, 3.63) is 0 Å². The van der Waals surface area contributed by atoms with E-state index < -0.39 is 33.6 Å². The number of carboxylic acids is 1. The van der Waals surface area contributed by atoms with Gasteiger partial charge in [0.1, 0.15) is 5.60 Å². The third-order valence-electron chi connectivity index (χ3n) is 5.46. The summed E-state index contributed by atoms with van der Waals surface area (Å²) in [6.45, 7) is 5.20. The molecule has 0 bridgehead atoms. The molecule has 0 radical (unpaired) electrons. The molecular weight excluding hydrogens is 440 g/mol. The summed E-state index contributed by atoms with van der Waals surface area (Å²) >= 11 is 2.93. The lowest BCUT2D eigenvalue weighted by Gasteiger charge is -2.34. The maximum Gasteiger partial charge on any atom is 0.338 e. The quantitative estimate of drug-likeness (QED) is 0.247. The molecule has 178 valence electrons. The lowest BCUT2D eigenvalue weighted by atomic mass is 9.83. The van der Waals surface area contributed by atoms with E-state index in [0.717, 1.165) is 37.2 Å². The highest BCUT2D eigenvalue weighted by molar-refractivity contribution is 8.20. The van der Waals surface area contributed by atoms with E-state index in [1.54, 1.807) is 20.8 Å². The lowest BCUT2D eigenvalue weighted by molar-refractivity contribution is -0.169. The first-order chi connectivity index (χ1) is 14.5. The van der Waals surface area contributed by atoms with Crippen LogP contribution in [-0.4, -0.2) is 56.3 Å². The van der Waals surface area contributed by atoms with Crippen molar-refractivity contribution in [2.75, 3.05) is 11.5 Å². The second-order valence-electron chi connectivity index (χ2n) is 9.22. The number of carbonyl (C=O) groups excluding carboxylic acids is 2. The van der Waals surface area contributed by atoms with Gasteiger partial charge in [-0.05, 0) is 52.4 Å².